The molecule has 0 radical (unpaired) electrons. The van der Waals surface area contributed by atoms with Crippen LogP contribution < -0.4 is 5.01 Å². The van der Waals surface area contributed by atoms with E-state index in [1.807, 2.05) is 97.9 Å². The van der Waals surface area contributed by atoms with Crippen molar-refractivity contribution in [3.8, 4) is 0 Å². The molecule has 30 heavy (non-hydrogen) atoms. The Morgan fingerprint density at radius 2 is 1.33 bits per heavy atom. The molecule has 1 aliphatic carbocycles. The number of para-hydroxylation sites is 1. The maximum atomic E-state index is 13.5. The lowest BCUT2D eigenvalue weighted by molar-refractivity contribution is -0.115. The van der Waals surface area contributed by atoms with Gasteiger partial charge in [-0.05, 0) is 46.6 Å². The number of carbonyl (C=O) groups excluding carboxylic acids is 2. The summed E-state index contributed by atoms with van der Waals surface area (Å²) in [5.41, 5.74) is 3.65. The molecule has 0 bridgehead atoms. The number of nitrogens with zero attached hydrogens (tertiary/aromatic N) is 2. The molecule has 4 heteroatoms. The van der Waals surface area contributed by atoms with E-state index in [9.17, 15) is 9.59 Å². The molecule has 1 aromatic carbocycles. The van der Waals surface area contributed by atoms with Crippen LogP contribution in [0.1, 0.15) is 55.4 Å². The largest absolute Gasteiger partial charge is 0.289 e. The maximum Gasteiger partial charge on any atom is 0.281 e. The van der Waals surface area contributed by atoms with E-state index in [2.05, 4.69) is 5.10 Å². The minimum Gasteiger partial charge on any atom is -0.289 e. The molecule has 1 aromatic rings. The fourth-order valence-corrected chi connectivity index (χ4v) is 3.73. The van der Waals surface area contributed by atoms with Crippen LogP contribution in [0.4, 0.5) is 5.69 Å². The van der Waals surface area contributed by atoms with Crippen molar-refractivity contribution >= 4 is 23.1 Å². The molecular weight excluding hydrogens is 372 g/mol. The predicted molar refractivity (Wildman–Crippen MR) is 123 cm³/mol. The zero-order valence-electron chi connectivity index (χ0n) is 19.3. The van der Waals surface area contributed by atoms with E-state index < -0.39 is 0 Å². The maximum absolute atomic E-state index is 13.5. The smallest absolute Gasteiger partial charge is 0.281 e. The molecule has 1 amide bonds. The third-order valence-corrected chi connectivity index (χ3v) is 5.41. The summed E-state index contributed by atoms with van der Waals surface area (Å²) in [4.78, 5) is 26.8. The van der Waals surface area contributed by atoms with Crippen LogP contribution in [0.25, 0.3) is 0 Å². The Morgan fingerprint density at radius 1 is 0.833 bits per heavy atom. The normalized spacial score (nSPS) is 18.2. The predicted octanol–water partition coefficient (Wildman–Crippen LogP) is 5.87. The SMILES string of the molecule is CC(C)C1=NN(c2ccccc2)C(=O)C1=C1C=C(C(C)(C)C)C(=O)C(C(C)(C)C)=C1. The average Bonchev–Trinajstić information content (AvgIpc) is 2.98. The second-order valence-electron chi connectivity index (χ2n) is 10.4. The number of carbonyl (C=O) groups is 2. The highest BCUT2D eigenvalue weighted by Crippen LogP contribution is 2.41. The summed E-state index contributed by atoms with van der Waals surface area (Å²) in [6, 6.07) is 9.47. The van der Waals surface area contributed by atoms with E-state index in [1.54, 1.807) is 0 Å². The number of ketones is 1. The molecule has 1 aliphatic heterocycles. The fourth-order valence-electron chi connectivity index (χ4n) is 3.73. The number of hydrogen-bond donors (Lipinski definition) is 0. The van der Waals surface area contributed by atoms with Crippen molar-refractivity contribution < 1.29 is 9.59 Å². The summed E-state index contributed by atoms with van der Waals surface area (Å²) in [6.07, 6.45) is 3.80. The third-order valence-electron chi connectivity index (χ3n) is 5.41. The minimum atomic E-state index is -0.330. The number of amides is 1. The molecule has 0 aromatic heterocycles. The molecule has 0 saturated carbocycles. The third kappa shape index (κ3) is 3.96. The summed E-state index contributed by atoms with van der Waals surface area (Å²) in [6.45, 7) is 16.3. The number of hydrogen-bond acceptors (Lipinski definition) is 3. The lowest BCUT2D eigenvalue weighted by Crippen LogP contribution is -2.29. The summed E-state index contributed by atoms with van der Waals surface area (Å²) in [5.74, 6) is -0.0169. The molecule has 4 nitrogen and oxygen atoms in total. The van der Waals surface area contributed by atoms with E-state index >= 15 is 0 Å². The molecule has 2 aliphatic rings. The van der Waals surface area contributed by atoms with Crippen LogP contribution in [0.5, 0.6) is 0 Å². The lowest BCUT2D eigenvalue weighted by Gasteiger charge is -2.31. The minimum absolute atomic E-state index is 0.0627. The highest BCUT2D eigenvalue weighted by Gasteiger charge is 2.39. The Kier molecular flexibility index (Phi) is 5.48. The van der Waals surface area contributed by atoms with Gasteiger partial charge in [-0.3, -0.25) is 9.59 Å². The summed E-state index contributed by atoms with van der Waals surface area (Å²) in [5, 5.41) is 6.16. The molecule has 0 atom stereocenters. The first-order valence-corrected chi connectivity index (χ1v) is 10.5. The highest BCUT2D eigenvalue weighted by molar-refractivity contribution is 6.32. The second kappa shape index (κ2) is 7.50. The van der Waals surface area contributed by atoms with Crippen LogP contribution in [0.3, 0.4) is 0 Å². The standard InChI is InChI=1S/C26H32N2O2/c1-16(2)22-21(24(30)28(27-22)18-12-10-9-11-13-18)17-14-19(25(3,4)5)23(29)20(15-17)26(6,7)8/h9-16H,1-8H3. The molecule has 1 heterocycles. The van der Waals surface area contributed by atoms with Gasteiger partial charge in [-0.2, -0.15) is 10.1 Å². The van der Waals surface area contributed by atoms with Crippen LogP contribution in [0, 0.1) is 16.7 Å². The van der Waals surface area contributed by atoms with E-state index in [1.165, 1.54) is 5.01 Å². The van der Waals surface area contributed by atoms with Crippen molar-refractivity contribution in [3.63, 3.8) is 0 Å². The van der Waals surface area contributed by atoms with Gasteiger partial charge in [0.25, 0.3) is 5.91 Å². The van der Waals surface area contributed by atoms with Gasteiger partial charge >= 0.3 is 0 Å². The number of anilines is 1. The van der Waals surface area contributed by atoms with Gasteiger partial charge < -0.3 is 0 Å². The zero-order chi connectivity index (χ0) is 22.4. The van der Waals surface area contributed by atoms with Crippen molar-refractivity contribution in [2.45, 2.75) is 55.4 Å². The molecule has 3 rings (SSSR count). The number of rotatable bonds is 2. The fraction of sp³-hybridized carbons (Fsp3) is 0.423. The van der Waals surface area contributed by atoms with Gasteiger partial charge in [0.05, 0.1) is 17.0 Å². The van der Waals surface area contributed by atoms with Crippen molar-refractivity contribution in [1.82, 2.24) is 0 Å². The zero-order valence-corrected chi connectivity index (χ0v) is 19.3. The first-order chi connectivity index (χ1) is 13.8. The highest BCUT2D eigenvalue weighted by atomic mass is 16.2. The van der Waals surface area contributed by atoms with Gasteiger partial charge in [-0.15, -0.1) is 0 Å². The van der Waals surface area contributed by atoms with Gasteiger partial charge in [0.1, 0.15) is 0 Å². The van der Waals surface area contributed by atoms with Crippen LogP contribution in [0.15, 0.2) is 69.9 Å². The molecule has 158 valence electrons. The Morgan fingerprint density at radius 3 is 1.77 bits per heavy atom. The van der Waals surface area contributed by atoms with E-state index in [4.69, 9.17) is 0 Å². The summed E-state index contributed by atoms with van der Waals surface area (Å²) < 4.78 is 0. The van der Waals surface area contributed by atoms with Crippen molar-refractivity contribution in [1.29, 1.82) is 0 Å². The van der Waals surface area contributed by atoms with Crippen molar-refractivity contribution in [2.75, 3.05) is 5.01 Å². The Bertz CT molecular complexity index is 971. The summed E-state index contributed by atoms with van der Waals surface area (Å²) >= 11 is 0. The number of allylic oxidation sites excluding steroid dienone is 5. The Hall–Kier alpha value is -2.75. The van der Waals surface area contributed by atoms with Crippen LogP contribution >= 0.6 is 0 Å². The molecule has 0 N–H and O–H groups in total. The Labute approximate surface area is 180 Å². The molecule has 0 fully saturated rings. The van der Waals surface area contributed by atoms with Crippen LogP contribution in [0.2, 0.25) is 0 Å². The Balaban J connectivity index is 2.27. The van der Waals surface area contributed by atoms with Crippen molar-refractivity contribution in [3.05, 3.63) is 64.8 Å². The van der Waals surface area contributed by atoms with Gasteiger partial charge in [0.2, 0.25) is 0 Å². The van der Waals surface area contributed by atoms with Gasteiger partial charge in [0.15, 0.2) is 5.78 Å². The summed E-state index contributed by atoms with van der Waals surface area (Å²) in [7, 11) is 0. The number of Topliss-reactive ketones (excluding diaryl/α,β-unsaturated/α-hetero) is 1. The van der Waals surface area contributed by atoms with Gasteiger partial charge in [0, 0.05) is 11.1 Å². The topological polar surface area (TPSA) is 49.7 Å². The molecule has 0 saturated heterocycles. The molecule has 0 unspecified atom stereocenters. The lowest BCUT2D eigenvalue weighted by atomic mass is 9.71. The van der Waals surface area contributed by atoms with Gasteiger partial charge in [-0.1, -0.05) is 73.6 Å². The number of benzene rings is 1. The first-order valence-electron chi connectivity index (χ1n) is 10.5. The monoisotopic (exact) mass is 404 g/mol. The average molecular weight is 405 g/mol. The van der Waals surface area contributed by atoms with Gasteiger partial charge in [-0.25, -0.2) is 0 Å². The van der Waals surface area contributed by atoms with Crippen LogP contribution in [-0.4, -0.2) is 17.4 Å². The quantitative estimate of drug-likeness (QED) is 0.579. The molecule has 0 spiro atoms. The number of hydrazone groups is 1. The van der Waals surface area contributed by atoms with E-state index in [0.717, 1.165) is 28.1 Å². The van der Waals surface area contributed by atoms with E-state index in [-0.39, 0.29) is 28.4 Å². The van der Waals surface area contributed by atoms with Crippen LogP contribution in [-0.2, 0) is 9.59 Å². The first kappa shape index (κ1) is 21.9. The molecular formula is C26H32N2O2. The second-order valence-corrected chi connectivity index (χ2v) is 10.4. The van der Waals surface area contributed by atoms with E-state index in [0.29, 0.717) is 5.57 Å². The van der Waals surface area contributed by atoms with Crippen molar-refractivity contribution in [2.24, 2.45) is 21.8 Å².